The van der Waals surface area contributed by atoms with Crippen molar-refractivity contribution in [3.63, 3.8) is 0 Å². The normalized spacial score (nSPS) is 8.93. The van der Waals surface area contributed by atoms with E-state index in [2.05, 4.69) is 11.2 Å². The summed E-state index contributed by atoms with van der Waals surface area (Å²) in [4.78, 5) is 5.06. The quantitative estimate of drug-likeness (QED) is 0.540. The second-order valence-corrected chi connectivity index (χ2v) is 3.12. The van der Waals surface area contributed by atoms with Crippen molar-refractivity contribution in [1.82, 2.24) is 0 Å². The molecule has 0 aliphatic heterocycles. The van der Waals surface area contributed by atoms with E-state index in [1.54, 1.807) is 12.1 Å². The van der Waals surface area contributed by atoms with Gasteiger partial charge in [-0.25, -0.2) is 0 Å². The molecule has 72 valence electrons. The molecule has 0 radical (unpaired) electrons. The molecule has 1 aromatic carbocycles. The van der Waals surface area contributed by atoms with Gasteiger partial charge in [-0.05, 0) is 31.5 Å². The number of nitriles is 1. The van der Waals surface area contributed by atoms with Crippen LogP contribution in [-0.4, -0.2) is 5.71 Å². The van der Waals surface area contributed by atoms with Gasteiger partial charge in [-0.15, -0.1) is 0 Å². The van der Waals surface area contributed by atoms with Crippen molar-refractivity contribution in [3.05, 3.63) is 35.4 Å². The standard InChI is InChI=1S/C11H12N2O/c1-9(2)13-14-8-11-5-3-10(7-12)4-6-11/h3-6H,8H2,1-2H3. The summed E-state index contributed by atoms with van der Waals surface area (Å²) in [6.45, 7) is 4.19. The van der Waals surface area contributed by atoms with Crippen molar-refractivity contribution in [1.29, 1.82) is 5.26 Å². The van der Waals surface area contributed by atoms with Crippen LogP contribution in [0.2, 0.25) is 0 Å². The highest BCUT2D eigenvalue weighted by molar-refractivity contribution is 5.78. The van der Waals surface area contributed by atoms with Gasteiger partial charge in [0.2, 0.25) is 0 Å². The van der Waals surface area contributed by atoms with Crippen molar-refractivity contribution in [2.24, 2.45) is 5.16 Å². The van der Waals surface area contributed by atoms with Crippen LogP contribution in [0.15, 0.2) is 29.4 Å². The molecule has 0 N–H and O–H groups in total. The summed E-state index contributed by atoms with van der Waals surface area (Å²) < 4.78 is 0. The molecule has 0 amide bonds. The van der Waals surface area contributed by atoms with Gasteiger partial charge in [0.05, 0.1) is 17.3 Å². The van der Waals surface area contributed by atoms with E-state index in [1.807, 2.05) is 26.0 Å². The molecular weight excluding hydrogens is 176 g/mol. The maximum atomic E-state index is 8.57. The van der Waals surface area contributed by atoms with Gasteiger partial charge in [0.25, 0.3) is 0 Å². The van der Waals surface area contributed by atoms with E-state index in [0.29, 0.717) is 12.2 Å². The molecular formula is C11H12N2O. The molecule has 1 rings (SSSR count). The average molecular weight is 188 g/mol. The van der Waals surface area contributed by atoms with Crippen LogP contribution in [0, 0.1) is 11.3 Å². The first-order chi connectivity index (χ1) is 6.72. The Morgan fingerprint density at radius 1 is 1.36 bits per heavy atom. The first-order valence-electron chi connectivity index (χ1n) is 4.34. The van der Waals surface area contributed by atoms with Crippen LogP contribution in [0.5, 0.6) is 0 Å². The van der Waals surface area contributed by atoms with Gasteiger partial charge in [0.15, 0.2) is 0 Å². The zero-order valence-corrected chi connectivity index (χ0v) is 8.32. The predicted molar refractivity (Wildman–Crippen MR) is 54.7 cm³/mol. The van der Waals surface area contributed by atoms with Gasteiger partial charge in [0.1, 0.15) is 6.61 Å². The number of oxime groups is 1. The Kier molecular flexibility index (Phi) is 3.69. The van der Waals surface area contributed by atoms with Crippen LogP contribution >= 0.6 is 0 Å². The third-order valence-corrected chi connectivity index (χ3v) is 1.56. The first-order valence-corrected chi connectivity index (χ1v) is 4.34. The molecule has 0 saturated carbocycles. The van der Waals surface area contributed by atoms with Crippen LogP contribution < -0.4 is 0 Å². The Morgan fingerprint density at radius 3 is 2.50 bits per heavy atom. The molecule has 14 heavy (non-hydrogen) atoms. The maximum Gasteiger partial charge on any atom is 0.142 e. The van der Waals surface area contributed by atoms with Crippen LogP contribution in [-0.2, 0) is 11.4 Å². The van der Waals surface area contributed by atoms with E-state index < -0.39 is 0 Å². The molecule has 3 nitrogen and oxygen atoms in total. The van der Waals surface area contributed by atoms with Crippen LogP contribution in [0.4, 0.5) is 0 Å². The molecule has 0 unspecified atom stereocenters. The monoisotopic (exact) mass is 188 g/mol. The van der Waals surface area contributed by atoms with Crippen molar-refractivity contribution >= 4 is 5.71 Å². The summed E-state index contributed by atoms with van der Waals surface area (Å²) in [5.74, 6) is 0. The van der Waals surface area contributed by atoms with Gasteiger partial charge in [-0.1, -0.05) is 17.3 Å². The second kappa shape index (κ2) is 5.03. The van der Waals surface area contributed by atoms with Crippen molar-refractivity contribution in [2.45, 2.75) is 20.5 Å². The van der Waals surface area contributed by atoms with Crippen LogP contribution in [0.3, 0.4) is 0 Å². The Balaban J connectivity index is 2.53. The number of hydrogen-bond acceptors (Lipinski definition) is 3. The summed E-state index contributed by atoms with van der Waals surface area (Å²) in [6, 6.07) is 9.31. The number of hydrogen-bond donors (Lipinski definition) is 0. The minimum atomic E-state index is 0.441. The van der Waals surface area contributed by atoms with Gasteiger partial charge < -0.3 is 4.84 Å². The molecule has 0 spiro atoms. The fourth-order valence-electron chi connectivity index (χ4n) is 0.911. The largest absolute Gasteiger partial charge is 0.391 e. The molecule has 0 atom stereocenters. The summed E-state index contributed by atoms with van der Waals surface area (Å²) in [6.07, 6.45) is 0. The van der Waals surface area contributed by atoms with E-state index in [4.69, 9.17) is 10.1 Å². The summed E-state index contributed by atoms with van der Waals surface area (Å²) in [5.41, 5.74) is 2.55. The molecule has 1 aromatic rings. The maximum absolute atomic E-state index is 8.57. The Hall–Kier alpha value is -1.82. The predicted octanol–water partition coefficient (Wildman–Crippen LogP) is 2.47. The highest BCUT2D eigenvalue weighted by Gasteiger charge is 1.93. The lowest BCUT2D eigenvalue weighted by Gasteiger charge is -1.99. The molecule has 0 fully saturated rings. The zero-order valence-electron chi connectivity index (χ0n) is 8.32. The molecule has 0 heterocycles. The molecule has 0 aliphatic rings. The second-order valence-electron chi connectivity index (χ2n) is 3.12. The third-order valence-electron chi connectivity index (χ3n) is 1.56. The van der Waals surface area contributed by atoms with Crippen molar-refractivity contribution in [2.75, 3.05) is 0 Å². The van der Waals surface area contributed by atoms with Gasteiger partial charge in [-0.2, -0.15) is 5.26 Å². The number of benzene rings is 1. The number of nitrogens with zero attached hydrogens (tertiary/aromatic N) is 2. The lowest BCUT2D eigenvalue weighted by molar-refractivity contribution is 0.130. The highest BCUT2D eigenvalue weighted by atomic mass is 16.6. The van der Waals surface area contributed by atoms with Gasteiger partial charge >= 0.3 is 0 Å². The Bertz CT molecular complexity index is 356. The molecule has 0 aromatic heterocycles. The lowest BCUT2D eigenvalue weighted by Crippen LogP contribution is -1.89. The molecule has 0 bridgehead atoms. The molecule has 0 saturated heterocycles. The minimum Gasteiger partial charge on any atom is -0.391 e. The lowest BCUT2D eigenvalue weighted by atomic mass is 10.2. The Labute approximate surface area is 83.6 Å². The smallest absolute Gasteiger partial charge is 0.142 e. The van der Waals surface area contributed by atoms with Crippen LogP contribution in [0.25, 0.3) is 0 Å². The molecule has 0 aliphatic carbocycles. The van der Waals surface area contributed by atoms with E-state index in [0.717, 1.165) is 11.3 Å². The van der Waals surface area contributed by atoms with Crippen molar-refractivity contribution in [3.8, 4) is 6.07 Å². The van der Waals surface area contributed by atoms with Gasteiger partial charge in [0, 0.05) is 0 Å². The summed E-state index contributed by atoms with van der Waals surface area (Å²) in [7, 11) is 0. The topological polar surface area (TPSA) is 45.4 Å². The Morgan fingerprint density at radius 2 is 2.00 bits per heavy atom. The van der Waals surface area contributed by atoms with Gasteiger partial charge in [-0.3, -0.25) is 0 Å². The van der Waals surface area contributed by atoms with E-state index in [-0.39, 0.29) is 0 Å². The fraction of sp³-hybridized carbons (Fsp3) is 0.273. The van der Waals surface area contributed by atoms with Crippen LogP contribution in [0.1, 0.15) is 25.0 Å². The first kappa shape index (κ1) is 10.3. The summed E-state index contributed by atoms with van der Waals surface area (Å²) >= 11 is 0. The fourth-order valence-corrected chi connectivity index (χ4v) is 0.911. The third kappa shape index (κ3) is 3.28. The SMILES string of the molecule is CC(C)=NOCc1ccc(C#N)cc1. The van der Waals surface area contributed by atoms with E-state index >= 15 is 0 Å². The van der Waals surface area contributed by atoms with E-state index in [9.17, 15) is 0 Å². The summed E-state index contributed by atoms with van der Waals surface area (Å²) in [5, 5.41) is 12.4. The highest BCUT2D eigenvalue weighted by Crippen LogP contribution is 2.04. The number of rotatable bonds is 3. The van der Waals surface area contributed by atoms with E-state index in [1.165, 1.54) is 0 Å². The minimum absolute atomic E-state index is 0.441. The van der Waals surface area contributed by atoms with Crippen molar-refractivity contribution < 1.29 is 4.84 Å². The average Bonchev–Trinajstić information content (AvgIpc) is 2.18. The zero-order chi connectivity index (χ0) is 10.4. The molecule has 3 heteroatoms.